The molecule has 0 spiro atoms. The van der Waals surface area contributed by atoms with Gasteiger partial charge in [-0.15, -0.1) is 0 Å². The highest BCUT2D eigenvalue weighted by Crippen LogP contribution is 2.35. The van der Waals surface area contributed by atoms with Gasteiger partial charge >= 0.3 is 6.18 Å². The first-order chi connectivity index (χ1) is 11.8. The number of hydrogen-bond acceptors (Lipinski definition) is 4. The van der Waals surface area contributed by atoms with E-state index in [1.807, 2.05) is 0 Å². The van der Waals surface area contributed by atoms with E-state index in [-0.39, 0.29) is 16.8 Å². The van der Waals surface area contributed by atoms with Crippen LogP contribution in [0.5, 0.6) is 0 Å². The molecule has 1 aliphatic heterocycles. The predicted molar refractivity (Wildman–Crippen MR) is 84.4 cm³/mol. The van der Waals surface area contributed by atoms with Gasteiger partial charge in [-0.2, -0.15) is 18.3 Å². The molecular weight excluding hydrogens is 359 g/mol. The molecule has 2 aromatic rings. The van der Waals surface area contributed by atoms with Crippen LogP contribution in [0.4, 0.5) is 13.2 Å². The van der Waals surface area contributed by atoms with Crippen LogP contribution in [0.15, 0.2) is 24.5 Å². The van der Waals surface area contributed by atoms with Crippen molar-refractivity contribution in [3.8, 4) is 5.82 Å². The molecule has 10 heteroatoms. The summed E-state index contributed by atoms with van der Waals surface area (Å²) in [7, 11) is 0. The number of alkyl halides is 3. The van der Waals surface area contributed by atoms with E-state index in [1.54, 1.807) is 0 Å². The Hall–Kier alpha value is -2.13. The van der Waals surface area contributed by atoms with Crippen molar-refractivity contribution in [3.05, 3.63) is 40.8 Å². The van der Waals surface area contributed by atoms with Gasteiger partial charge in [0.25, 0.3) is 5.91 Å². The number of pyridine rings is 1. The molecule has 134 valence electrons. The van der Waals surface area contributed by atoms with Crippen molar-refractivity contribution in [2.75, 3.05) is 19.6 Å². The Labute approximate surface area is 146 Å². The van der Waals surface area contributed by atoms with Crippen molar-refractivity contribution in [2.24, 2.45) is 11.7 Å². The highest BCUT2D eigenvalue weighted by Gasteiger charge is 2.42. The zero-order valence-corrected chi connectivity index (χ0v) is 13.8. The summed E-state index contributed by atoms with van der Waals surface area (Å²) in [5.74, 6) is -0.808. The number of nitrogens with two attached hydrogens (primary N) is 1. The van der Waals surface area contributed by atoms with E-state index in [2.05, 4.69) is 10.1 Å². The van der Waals surface area contributed by atoms with Crippen LogP contribution in [0.3, 0.4) is 0 Å². The lowest BCUT2D eigenvalue weighted by Gasteiger charge is -2.18. The Bertz CT molecular complexity index is 792. The number of rotatable bonds is 3. The zero-order valence-electron chi connectivity index (χ0n) is 13.0. The van der Waals surface area contributed by atoms with Crippen LogP contribution < -0.4 is 5.73 Å². The van der Waals surface area contributed by atoms with Crippen LogP contribution in [0.2, 0.25) is 5.02 Å². The van der Waals surface area contributed by atoms with E-state index in [0.29, 0.717) is 30.7 Å². The van der Waals surface area contributed by atoms with Crippen molar-refractivity contribution in [2.45, 2.75) is 12.6 Å². The van der Waals surface area contributed by atoms with Gasteiger partial charge in [0.2, 0.25) is 0 Å². The third kappa shape index (κ3) is 3.34. The minimum atomic E-state index is -4.80. The Morgan fingerprint density at radius 1 is 1.44 bits per heavy atom. The number of likely N-dealkylation sites (tertiary alicyclic amines) is 1. The van der Waals surface area contributed by atoms with Crippen LogP contribution in [0.1, 0.15) is 22.5 Å². The molecule has 1 fully saturated rings. The van der Waals surface area contributed by atoms with Gasteiger partial charge in [0.15, 0.2) is 11.5 Å². The molecule has 0 saturated carbocycles. The van der Waals surface area contributed by atoms with Gasteiger partial charge in [-0.1, -0.05) is 11.6 Å². The highest BCUT2D eigenvalue weighted by molar-refractivity contribution is 6.32. The number of aromatic nitrogens is 3. The summed E-state index contributed by atoms with van der Waals surface area (Å²) in [5.41, 5.74) is 3.87. The smallest absolute Gasteiger partial charge is 0.338 e. The maximum atomic E-state index is 13.6. The number of nitrogens with zero attached hydrogens (tertiary/aromatic N) is 4. The summed E-state index contributed by atoms with van der Waals surface area (Å²) < 4.78 is 41.4. The average Bonchev–Trinajstić information content (AvgIpc) is 3.21. The number of carbonyl (C=O) groups excluding carboxylic acids is 1. The minimum Gasteiger partial charge on any atom is -0.338 e. The lowest BCUT2D eigenvalue weighted by Crippen LogP contribution is -2.31. The molecule has 1 atom stereocenters. The number of halogens is 4. The fourth-order valence-electron chi connectivity index (χ4n) is 2.85. The second kappa shape index (κ2) is 6.64. The maximum Gasteiger partial charge on any atom is 0.434 e. The van der Waals surface area contributed by atoms with E-state index < -0.39 is 23.3 Å². The molecule has 1 unspecified atom stereocenters. The molecule has 3 rings (SSSR count). The van der Waals surface area contributed by atoms with E-state index in [0.717, 1.165) is 6.20 Å². The molecule has 0 aliphatic carbocycles. The summed E-state index contributed by atoms with van der Waals surface area (Å²) in [4.78, 5) is 17.8. The molecule has 0 radical (unpaired) electrons. The van der Waals surface area contributed by atoms with Crippen molar-refractivity contribution < 1.29 is 18.0 Å². The topological polar surface area (TPSA) is 77.0 Å². The van der Waals surface area contributed by atoms with Crippen LogP contribution in [0, 0.1) is 5.92 Å². The second-order valence-corrected chi connectivity index (χ2v) is 6.17. The van der Waals surface area contributed by atoms with E-state index in [1.165, 1.54) is 23.2 Å². The average molecular weight is 374 g/mol. The number of amides is 1. The quantitative estimate of drug-likeness (QED) is 0.896. The second-order valence-electron chi connectivity index (χ2n) is 5.77. The van der Waals surface area contributed by atoms with Gasteiger partial charge in [0.05, 0.1) is 16.8 Å². The molecular formula is C15H15ClF3N5O. The third-order valence-corrected chi connectivity index (χ3v) is 4.41. The van der Waals surface area contributed by atoms with E-state index in [9.17, 15) is 18.0 Å². The van der Waals surface area contributed by atoms with Gasteiger partial charge in [0, 0.05) is 19.3 Å². The maximum absolute atomic E-state index is 13.6. The molecule has 3 heterocycles. The number of hydrogen-bond donors (Lipinski definition) is 1. The standard InChI is InChI=1S/C15H15ClF3N5O/c16-11-2-1-4-21-13(11)24-12(15(17,18)19)10(7-22-24)14(25)23-5-3-9(6-20)8-23/h1-2,4,7,9H,3,5-6,8,20H2. The van der Waals surface area contributed by atoms with Gasteiger partial charge in [-0.25, -0.2) is 9.67 Å². The summed E-state index contributed by atoms with van der Waals surface area (Å²) in [6.07, 6.45) is -1.91. The van der Waals surface area contributed by atoms with Crippen molar-refractivity contribution in [1.82, 2.24) is 19.7 Å². The van der Waals surface area contributed by atoms with Crippen LogP contribution in [-0.2, 0) is 6.18 Å². The van der Waals surface area contributed by atoms with E-state index >= 15 is 0 Å². The van der Waals surface area contributed by atoms with Gasteiger partial charge in [-0.3, -0.25) is 4.79 Å². The lowest BCUT2D eigenvalue weighted by atomic mass is 10.1. The summed E-state index contributed by atoms with van der Waals surface area (Å²) in [6, 6.07) is 2.89. The normalized spacial score (nSPS) is 18.0. The van der Waals surface area contributed by atoms with Gasteiger partial charge < -0.3 is 10.6 Å². The molecule has 1 aliphatic rings. The Morgan fingerprint density at radius 2 is 2.20 bits per heavy atom. The SMILES string of the molecule is NCC1CCN(C(=O)c2cnn(-c3ncccc3Cl)c2C(F)(F)F)C1. The van der Waals surface area contributed by atoms with Crippen molar-refractivity contribution in [3.63, 3.8) is 0 Å². The predicted octanol–water partition coefficient (Wildman–Crippen LogP) is 2.36. The Balaban J connectivity index is 2.04. The highest BCUT2D eigenvalue weighted by atomic mass is 35.5. The lowest BCUT2D eigenvalue weighted by molar-refractivity contribution is -0.143. The summed E-state index contributed by atoms with van der Waals surface area (Å²) in [5, 5.41) is 3.72. The molecule has 25 heavy (non-hydrogen) atoms. The summed E-state index contributed by atoms with van der Waals surface area (Å²) in [6.45, 7) is 1.09. The fourth-order valence-corrected chi connectivity index (χ4v) is 3.05. The van der Waals surface area contributed by atoms with Crippen LogP contribution in [0.25, 0.3) is 5.82 Å². The first-order valence-electron chi connectivity index (χ1n) is 7.58. The third-order valence-electron chi connectivity index (χ3n) is 4.11. The van der Waals surface area contributed by atoms with Crippen LogP contribution >= 0.6 is 11.6 Å². The molecule has 0 aromatic carbocycles. The van der Waals surface area contributed by atoms with Crippen molar-refractivity contribution >= 4 is 17.5 Å². The van der Waals surface area contributed by atoms with Gasteiger partial charge in [-0.05, 0) is 31.0 Å². The molecule has 6 nitrogen and oxygen atoms in total. The van der Waals surface area contributed by atoms with Crippen LogP contribution in [-0.4, -0.2) is 45.2 Å². The van der Waals surface area contributed by atoms with Gasteiger partial charge in [0.1, 0.15) is 0 Å². The van der Waals surface area contributed by atoms with Crippen molar-refractivity contribution in [1.29, 1.82) is 0 Å². The monoisotopic (exact) mass is 373 g/mol. The fraction of sp³-hybridized carbons (Fsp3) is 0.400. The largest absolute Gasteiger partial charge is 0.434 e. The van der Waals surface area contributed by atoms with E-state index in [4.69, 9.17) is 17.3 Å². The molecule has 1 saturated heterocycles. The number of carbonyl (C=O) groups is 1. The zero-order chi connectivity index (χ0) is 18.2. The first-order valence-corrected chi connectivity index (χ1v) is 7.96. The molecule has 2 aromatic heterocycles. The Morgan fingerprint density at radius 3 is 2.80 bits per heavy atom. The molecule has 0 bridgehead atoms. The minimum absolute atomic E-state index is 0.000493. The Kier molecular flexibility index (Phi) is 4.70. The first kappa shape index (κ1) is 17.7. The molecule has 2 N–H and O–H groups in total. The summed E-state index contributed by atoms with van der Waals surface area (Å²) >= 11 is 5.93. The molecule has 1 amide bonds.